The molecule has 4 rings (SSSR count). The van der Waals surface area contributed by atoms with Crippen LogP contribution in [0.2, 0.25) is 0 Å². The van der Waals surface area contributed by atoms with E-state index in [0.29, 0.717) is 31.0 Å². The fraction of sp³-hybridized carbons (Fsp3) is 0.250. The molecule has 2 aromatic carbocycles. The number of carbonyl (C=O) groups excluding carboxylic acids is 1. The number of benzene rings is 2. The van der Waals surface area contributed by atoms with E-state index in [1.54, 1.807) is 0 Å². The molecule has 0 spiro atoms. The molecule has 0 atom stereocenters. The highest BCUT2D eigenvalue weighted by molar-refractivity contribution is 6.68. The van der Waals surface area contributed by atoms with Gasteiger partial charge in [-0.15, -0.1) is 0 Å². The van der Waals surface area contributed by atoms with Crippen LogP contribution in [0.25, 0.3) is 17.0 Å². The number of ether oxygens (including phenoxy) is 1. The van der Waals surface area contributed by atoms with Crippen LogP contribution in [0.3, 0.4) is 0 Å². The van der Waals surface area contributed by atoms with Crippen molar-refractivity contribution in [2.45, 2.75) is 19.8 Å². The van der Waals surface area contributed by atoms with Gasteiger partial charge in [-0.25, -0.2) is 4.98 Å². The normalized spacial score (nSPS) is 14.1. The van der Waals surface area contributed by atoms with Crippen molar-refractivity contribution in [2.75, 3.05) is 19.7 Å². The van der Waals surface area contributed by atoms with Gasteiger partial charge in [0.15, 0.2) is 0 Å². The average molecular weight is 423 g/mol. The van der Waals surface area contributed by atoms with E-state index >= 15 is 0 Å². The van der Waals surface area contributed by atoms with Gasteiger partial charge in [0, 0.05) is 24.1 Å². The molecule has 1 N–H and O–H groups in total. The first-order chi connectivity index (χ1) is 14.6. The molecule has 0 unspecified atom stereocenters. The van der Waals surface area contributed by atoms with E-state index in [1.807, 2.05) is 61.5 Å². The second kappa shape index (κ2) is 9.28. The first kappa shape index (κ1) is 20.4. The molecule has 30 heavy (non-hydrogen) atoms. The lowest BCUT2D eigenvalue weighted by Gasteiger charge is -2.20. The maximum atomic E-state index is 11.8. The van der Waals surface area contributed by atoms with E-state index in [9.17, 15) is 4.79 Å². The number of hydrogen-bond acceptors (Lipinski definition) is 5. The number of rotatable bonds is 7. The van der Waals surface area contributed by atoms with Crippen LogP contribution in [0.15, 0.2) is 64.6 Å². The number of aromatic nitrogens is 1. The Morgan fingerprint density at radius 1 is 1.17 bits per heavy atom. The number of hydrogen-bond donors (Lipinski definition) is 1. The molecule has 6 heteroatoms. The van der Waals surface area contributed by atoms with Gasteiger partial charge < -0.3 is 14.5 Å². The molecule has 0 saturated heterocycles. The molecular formula is C24H23ClN2O3. The molecule has 1 aromatic heterocycles. The van der Waals surface area contributed by atoms with E-state index < -0.39 is 5.24 Å². The van der Waals surface area contributed by atoms with Crippen LogP contribution in [0, 0.1) is 6.92 Å². The summed E-state index contributed by atoms with van der Waals surface area (Å²) in [5, 5.41) is 2.79. The van der Waals surface area contributed by atoms with Gasteiger partial charge in [-0.2, -0.15) is 0 Å². The van der Waals surface area contributed by atoms with Gasteiger partial charge in [-0.3, -0.25) is 4.79 Å². The van der Waals surface area contributed by atoms with Crippen molar-refractivity contribution in [3.8, 4) is 17.2 Å². The Morgan fingerprint density at radius 3 is 2.77 bits per heavy atom. The van der Waals surface area contributed by atoms with Crippen molar-refractivity contribution in [1.82, 2.24) is 10.3 Å². The smallest absolute Gasteiger partial charge is 0.249 e. The Balaban J connectivity index is 1.44. The molecule has 0 amide bonds. The van der Waals surface area contributed by atoms with Crippen LogP contribution >= 0.6 is 11.6 Å². The van der Waals surface area contributed by atoms with Crippen molar-refractivity contribution >= 4 is 22.4 Å². The van der Waals surface area contributed by atoms with Gasteiger partial charge in [0.1, 0.15) is 11.5 Å². The van der Waals surface area contributed by atoms with Crippen LogP contribution in [-0.2, 0) is 11.2 Å². The highest BCUT2D eigenvalue weighted by Gasteiger charge is 2.19. The molecule has 0 bridgehead atoms. The van der Waals surface area contributed by atoms with Crippen molar-refractivity contribution in [3.63, 3.8) is 0 Å². The van der Waals surface area contributed by atoms with Gasteiger partial charge >= 0.3 is 0 Å². The minimum atomic E-state index is -0.403. The van der Waals surface area contributed by atoms with Crippen LogP contribution in [-0.4, -0.2) is 29.9 Å². The molecular weight excluding hydrogens is 400 g/mol. The number of carbonyl (C=O) groups is 1. The third kappa shape index (κ3) is 4.64. The minimum Gasteiger partial charge on any atom is -0.493 e. The number of aryl methyl sites for hydroxylation is 1. The lowest BCUT2D eigenvalue weighted by atomic mass is 9.95. The van der Waals surface area contributed by atoms with Gasteiger partial charge in [-0.1, -0.05) is 30.3 Å². The molecule has 5 nitrogen and oxygen atoms in total. The number of nitrogens with one attached hydrogen (secondary N) is 1. The van der Waals surface area contributed by atoms with Gasteiger partial charge in [-0.05, 0) is 66.9 Å². The fourth-order valence-electron chi connectivity index (χ4n) is 3.59. The second-order valence-electron chi connectivity index (χ2n) is 7.17. The molecule has 0 fully saturated rings. The molecule has 154 valence electrons. The van der Waals surface area contributed by atoms with E-state index in [2.05, 4.69) is 10.3 Å². The highest BCUT2D eigenvalue weighted by atomic mass is 35.5. The Bertz CT molecular complexity index is 1070. The Morgan fingerprint density at radius 2 is 1.97 bits per heavy atom. The lowest BCUT2D eigenvalue weighted by Crippen LogP contribution is -2.27. The minimum absolute atomic E-state index is 0.403. The molecule has 0 aliphatic carbocycles. The van der Waals surface area contributed by atoms with Crippen LogP contribution in [0.5, 0.6) is 5.75 Å². The summed E-state index contributed by atoms with van der Waals surface area (Å²) in [4.78, 5) is 16.4. The van der Waals surface area contributed by atoms with Gasteiger partial charge in [0.05, 0.1) is 12.3 Å². The third-order valence-electron chi connectivity index (χ3n) is 5.16. The van der Waals surface area contributed by atoms with E-state index in [4.69, 9.17) is 20.8 Å². The maximum absolute atomic E-state index is 11.8. The zero-order valence-corrected chi connectivity index (χ0v) is 17.5. The SMILES string of the molecule is Cc1oc(-c2ccccc2)nc1CCOc1cccc(C2=C(C(=O)Cl)CNCC2)c1. The maximum Gasteiger partial charge on any atom is 0.249 e. The summed E-state index contributed by atoms with van der Waals surface area (Å²) in [7, 11) is 0. The third-order valence-corrected chi connectivity index (χ3v) is 5.39. The van der Waals surface area contributed by atoms with Crippen molar-refractivity contribution in [2.24, 2.45) is 0 Å². The Kier molecular flexibility index (Phi) is 6.31. The lowest BCUT2D eigenvalue weighted by molar-refractivity contribution is -0.108. The molecule has 1 aliphatic rings. The van der Waals surface area contributed by atoms with Crippen LogP contribution in [0.4, 0.5) is 0 Å². The summed E-state index contributed by atoms with van der Waals surface area (Å²) in [6.45, 7) is 3.72. The quantitative estimate of drug-likeness (QED) is 0.555. The summed E-state index contributed by atoms with van der Waals surface area (Å²) >= 11 is 5.77. The van der Waals surface area contributed by atoms with E-state index in [-0.39, 0.29) is 0 Å². The molecule has 2 heterocycles. The highest BCUT2D eigenvalue weighted by Crippen LogP contribution is 2.28. The molecule has 1 aliphatic heterocycles. The second-order valence-corrected chi connectivity index (χ2v) is 7.52. The fourth-order valence-corrected chi connectivity index (χ4v) is 3.78. The summed E-state index contributed by atoms with van der Waals surface area (Å²) in [5.74, 6) is 2.18. The monoisotopic (exact) mass is 422 g/mol. The standard InChI is InChI=1S/C24H23ClN2O3/c1-16-22(27-24(30-16)17-6-3-2-4-7-17)11-13-29-19-9-5-8-18(14-19)20-10-12-26-15-21(20)23(25)28/h2-9,14,26H,10-13,15H2,1H3. The number of nitrogens with zero attached hydrogens (tertiary/aromatic N) is 1. The predicted molar refractivity (Wildman–Crippen MR) is 118 cm³/mol. The first-order valence-corrected chi connectivity index (χ1v) is 10.4. The van der Waals surface area contributed by atoms with Gasteiger partial charge in [0.25, 0.3) is 0 Å². The van der Waals surface area contributed by atoms with Crippen molar-refractivity contribution in [3.05, 3.63) is 77.2 Å². The molecule has 0 saturated carbocycles. The first-order valence-electron chi connectivity index (χ1n) is 9.99. The van der Waals surface area contributed by atoms with E-state index in [0.717, 1.165) is 46.9 Å². The summed E-state index contributed by atoms with van der Waals surface area (Å²) in [5.41, 5.74) is 4.44. The zero-order chi connectivity index (χ0) is 20.9. The number of halogens is 1. The van der Waals surface area contributed by atoms with Gasteiger partial charge in [0.2, 0.25) is 11.1 Å². The van der Waals surface area contributed by atoms with Crippen LogP contribution < -0.4 is 10.1 Å². The predicted octanol–water partition coefficient (Wildman–Crippen LogP) is 4.78. The van der Waals surface area contributed by atoms with Crippen molar-refractivity contribution < 1.29 is 13.9 Å². The molecule has 0 radical (unpaired) electrons. The molecule has 3 aromatic rings. The average Bonchev–Trinajstić information content (AvgIpc) is 3.15. The van der Waals surface area contributed by atoms with Crippen molar-refractivity contribution in [1.29, 1.82) is 0 Å². The Labute approximate surface area is 180 Å². The summed E-state index contributed by atoms with van der Waals surface area (Å²) in [6, 6.07) is 17.7. The number of oxazole rings is 1. The zero-order valence-electron chi connectivity index (χ0n) is 16.8. The Hall–Kier alpha value is -2.89. The van der Waals surface area contributed by atoms with Crippen LogP contribution in [0.1, 0.15) is 23.4 Å². The largest absolute Gasteiger partial charge is 0.493 e. The topological polar surface area (TPSA) is 64.4 Å². The summed E-state index contributed by atoms with van der Waals surface area (Å²) in [6.07, 6.45) is 1.40. The van der Waals surface area contributed by atoms with E-state index in [1.165, 1.54) is 0 Å². The summed E-state index contributed by atoms with van der Waals surface area (Å²) < 4.78 is 11.8.